The Balaban J connectivity index is 1.51. The van der Waals surface area contributed by atoms with Gasteiger partial charge in [0.05, 0.1) is 11.0 Å². The second-order valence-electron chi connectivity index (χ2n) is 9.42. The molecule has 1 aromatic heterocycles. The number of carboxylic acid groups (broad SMARTS) is 1. The molecular formula is C28H28N4O4. The molecule has 36 heavy (non-hydrogen) atoms. The number of para-hydroxylation sites is 2. The van der Waals surface area contributed by atoms with Crippen molar-refractivity contribution in [2.75, 3.05) is 5.32 Å². The number of carbonyl (C=O) groups is 2. The monoisotopic (exact) mass is 484 g/mol. The number of anilines is 1. The van der Waals surface area contributed by atoms with Gasteiger partial charge in [-0.3, -0.25) is 4.79 Å². The number of nitrogens with one attached hydrogen (secondary N) is 2. The van der Waals surface area contributed by atoms with Crippen LogP contribution in [0.15, 0.2) is 78.9 Å². The highest BCUT2D eigenvalue weighted by molar-refractivity contribution is 5.96. The fourth-order valence-corrected chi connectivity index (χ4v) is 3.57. The number of carboxylic acids is 1. The number of aliphatic carboxylic acids is 1. The van der Waals surface area contributed by atoms with Crippen LogP contribution in [-0.4, -0.2) is 38.5 Å². The van der Waals surface area contributed by atoms with Crippen LogP contribution in [-0.2, 0) is 11.2 Å². The van der Waals surface area contributed by atoms with Gasteiger partial charge in [0.2, 0.25) is 0 Å². The summed E-state index contributed by atoms with van der Waals surface area (Å²) in [5.74, 6) is -0.290. The van der Waals surface area contributed by atoms with Crippen LogP contribution in [0.5, 0.6) is 11.6 Å². The second-order valence-corrected chi connectivity index (χ2v) is 9.42. The summed E-state index contributed by atoms with van der Waals surface area (Å²) in [6.45, 7) is 6.05. The maximum Gasteiger partial charge on any atom is 0.326 e. The fourth-order valence-electron chi connectivity index (χ4n) is 3.57. The van der Waals surface area contributed by atoms with E-state index in [1.165, 1.54) is 0 Å². The molecule has 0 radical (unpaired) electrons. The van der Waals surface area contributed by atoms with Crippen molar-refractivity contribution in [3.05, 3.63) is 90.0 Å². The van der Waals surface area contributed by atoms with E-state index in [4.69, 9.17) is 4.74 Å². The third-order valence-electron chi connectivity index (χ3n) is 5.25. The molecule has 8 nitrogen and oxygen atoms in total. The van der Waals surface area contributed by atoms with Crippen molar-refractivity contribution in [2.45, 2.75) is 38.8 Å². The van der Waals surface area contributed by atoms with Crippen LogP contribution in [0, 0.1) is 0 Å². The molecule has 0 saturated heterocycles. The molecule has 3 aromatic carbocycles. The summed E-state index contributed by atoms with van der Waals surface area (Å²) >= 11 is 0. The van der Waals surface area contributed by atoms with E-state index in [-0.39, 0.29) is 12.0 Å². The number of fused-ring (bicyclic) bond motifs is 1. The molecule has 0 spiro atoms. The van der Waals surface area contributed by atoms with Crippen molar-refractivity contribution >= 4 is 28.7 Å². The van der Waals surface area contributed by atoms with Crippen LogP contribution in [0.3, 0.4) is 0 Å². The zero-order chi connectivity index (χ0) is 25.7. The summed E-state index contributed by atoms with van der Waals surface area (Å²) in [7, 11) is 0. The molecule has 4 aromatic rings. The van der Waals surface area contributed by atoms with Crippen molar-refractivity contribution in [1.29, 1.82) is 0 Å². The van der Waals surface area contributed by atoms with Crippen molar-refractivity contribution < 1.29 is 19.4 Å². The lowest BCUT2D eigenvalue weighted by Gasteiger charge is -2.22. The Kier molecular flexibility index (Phi) is 7.15. The average Bonchev–Trinajstić information content (AvgIpc) is 2.84. The van der Waals surface area contributed by atoms with Gasteiger partial charge in [-0.1, -0.05) is 42.5 Å². The summed E-state index contributed by atoms with van der Waals surface area (Å²) < 4.78 is 6.03. The first-order chi connectivity index (χ1) is 17.2. The highest BCUT2D eigenvalue weighted by Crippen LogP contribution is 2.30. The fraction of sp³-hybridized carbons (Fsp3) is 0.214. The maximum atomic E-state index is 12.7. The van der Waals surface area contributed by atoms with Crippen molar-refractivity contribution in [1.82, 2.24) is 15.3 Å². The molecule has 0 aliphatic heterocycles. The van der Waals surface area contributed by atoms with Crippen molar-refractivity contribution in [2.24, 2.45) is 0 Å². The van der Waals surface area contributed by atoms with Crippen LogP contribution in [0.1, 0.15) is 36.7 Å². The Labute approximate surface area is 209 Å². The third-order valence-corrected chi connectivity index (χ3v) is 5.25. The number of carbonyl (C=O) groups excluding carboxylic acids is 1. The molecule has 0 unspecified atom stereocenters. The summed E-state index contributed by atoms with van der Waals surface area (Å²) in [6.07, 6.45) is 0.188. The number of rotatable bonds is 8. The number of hydrogen-bond acceptors (Lipinski definition) is 6. The van der Waals surface area contributed by atoms with Crippen LogP contribution < -0.4 is 15.4 Å². The summed E-state index contributed by atoms with van der Waals surface area (Å²) in [6, 6.07) is 22.1. The lowest BCUT2D eigenvalue weighted by Crippen LogP contribution is -2.42. The molecule has 1 heterocycles. The van der Waals surface area contributed by atoms with Gasteiger partial charge in [-0.15, -0.1) is 0 Å². The number of amides is 1. The van der Waals surface area contributed by atoms with Gasteiger partial charge in [-0.25, -0.2) is 14.8 Å². The Hall–Kier alpha value is -4.46. The minimum atomic E-state index is -1.10. The van der Waals surface area contributed by atoms with Gasteiger partial charge in [0.15, 0.2) is 5.82 Å². The van der Waals surface area contributed by atoms with E-state index in [1.807, 2.05) is 75.4 Å². The zero-order valence-corrected chi connectivity index (χ0v) is 20.4. The first kappa shape index (κ1) is 24.7. The predicted molar refractivity (Wildman–Crippen MR) is 138 cm³/mol. The van der Waals surface area contributed by atoms with Crippen LogP contribution in [0.4, 0.5) is 5.82 Å². The average molecular weight is 485 g/mol. The zero-order valence-electron chi connectivity index (χ0n) is 20.4. The molecule has 1 amide bonds. The number of benzene rings is 3. The molecule has 8 heteroatoms. The molecule has 0 saturated carbocycles. The maximum absolute atomic E-state index is 12.7. The van der Waals surface area contributed by atoms with Crippen molar-refractivity contribution in [3.63, 3.8) is 0 Å². The summed E-state index contributed by atoms with van der Waals surface area (Å²) in [5, 5.41) is 15.5. The SMILES string of the molecule is CC(C)(C)Nc1nc2ccccc2nc1Oc1ccc(C(=O)N[C@@H](Cc2ccccc2)C(=O)O)cc1. The highest BCUT2D eigenvalue weighted by Gasteiger charge is 2.22. The topological polar surface area (TPSA) is 113 Å². The quantitative estimate of drug-likeness (QED) is 0.320. The van der Waals surface area contributed by atoms with Gasteiger partial charge < -0.3 is 20.5 Å². The van der Waals surface area contributed by atoms with E-state index < -0.39 is 17.9 Å². The van der Waals surface area contributed by atoms with Crippen LogP contribution in [0.2, 0.25) is 0 Å². The van der Waals surface area contributed by atoms with E-state index in [0.717, 1.165) is 11.1 Å². The number of hydrogen-bond donors (Lipinski definition) is 3. The predicted octanol–water partition coefficient (Wildman–Crippen LogP) is 5.06. The molecule has 4 rings (SSSR count). The highest BCUT2D eigenvalue weighted by atomic mass is 16.5. The first-order valence-corrected chi connectivity index (χ1v) is 11.6. The van der Waals surface area contributed by atoms with Gasteiger partial charge in [-0.2, -0.15) is 0 Å². The molecule has 0 aliphatic carbocycles. The molecule has 0 aliphatic rings. The minimum absolute atomic E-state index is 0.188. The van der Waals surface area contributed by atoms with Gasteiger partial charge in [0, 0.05) is 17.5 Å². The first-order valence-electron chi connectivity index (χ1n) is 11.6. The molecule has 3 N–H and O–H groups in total. The van der Waals surface area contributed by atoms with Gasteiger partial charge in [-0.05, 0) is 62.7 Å². The van der Waals surface area contributed by atoms with Crippen LogP contribution >= 0.6 is 0 Å². The largest absolute Gasteiger partial charge is 0.480 e. The number of ether oxygens (including phenoxy) is 1. The van der Waals surface area contributed by atoms with E-state index in [1.54, 1.807) is 24.3 Å². The minimum Gasteiger partial charge on any atom is -0.480 e. The number of aromatic nitrogens is 2. The Morgan fingerprint density at radius 3 is 2.11 bits per heavy atom. The Bertz CT molecular complexity index is 1370. The van der Waals surface area contributed by atoms with E-state index in [0.29, 0.717) is 28.5 Å². The number of nitrogens with zero attached hydrogens (tertiary/aromatic N) is 2. The van der Waals surface area contributed by atoms with Gasteiger partial charge in [0.1, 0.15) is 11.8 Å². The van der Waals surface area contributed by atoms with Crippen LogP contribution in [0.25, 0.3) is 11.0 Å². The van der Waals surface area contributed by atoms with E-state index >= 15 is 0 Å². The smallest absolute Gasteiger partial charge is 0.326 e. The van der Waals surface area contributed by atoms with E-state index in [2.05, 4.69) is 20.6 Å². The standard InChI is InChI=1S/C28H28N4O4/c1-28(2,3)32-24-26(31-22-12-8-7-11-21(22)29-24)36-20-15-13-19(14-16-20)25(33)30-23(27(34)35)17-18-9-5-4-6-10-18/h4-16,23H,17H2,1-3H3,(H,29,32)(H,30,33)(H,34,35)/t23-/m0/s1. The summed E-state index contributed by atoms with van der Waals surface area (Å²) in [4.78, 5) is 33.7. The lowest BCUT2D eigenvalue weighted by molar-refractivity contribution is -0.139. The molecule has 0 bridgehead atoms. The molecular weight excluding hydrogens is 456 g/mol. The van der Waals surface area contributed by atoms with E-state index in [9.17, 15) is 14.7 Å². The third kappa shape index (κ3) is 6.35. The molecule has 184 valence electrons. The normalized spacial score (nSPS) is 12.1. The molecule has 1 atom stereocenters. The molecule has 0 fully saturated rings. The Morgan fingerprint density at radius 2 is 1.50 bits per heavy atom. The Morgan fingerprint density at radius 1 is 0.889 bits per heavy atom. The lowest BCUT2D eigenvalue weighted by atomic mass is 10.1. The van der Waals surface area contributed by atoms with Gasteiger partial charge in [0.25, 0.3) is 11.8 Å². The van der Waals surface area contributed by atoms with Crippen molar-refractivity contribution in [3.8, 4) is 11.6 Å². The van der Waals surface area contributed by atoms with Gasteiger partial charge >= 0.3 is 5.97 Å². The summed E-state index contributed by atoms with van der Waals surface area (Å²) in [5.41, 5.74) is 2.31. The second kappa shape index (κ2) is 10.4.